The van der Waals surface area contributed by atoms with E-state index in [-0.39, 0.29) is 54.2 Å². The summed E-state index contributed by atoms with van der Waals surface area (Å²) >= 11 is 5.46. The number of aliphatic hydroxyl groups is 1. The van der Waals surface area contributed by atoms with Crippen LogP contribution in [0.3, 0.4) is 0 Å². The summed E-state index contributed by atoms with van der Waals surface area (Å²) in [4.78, 5) is 48.6. The van der Waals surface area contributed by atoms with Crippen LogP contribution in [0.15, 0.2) is 79.9 Å². The molecule has 236 valence electrons. The second-order valence-electron chi connectivity index (χ2n) is 11.8. The minimum Gasteiger partial charge on any atom is -0.396 e. The minimum atomic E-state index is -0.814. The zero-order valence-corrected chi connectivity index (χ0v) is 27.4. The SMILES string of the molecule is C=CCN(Cn1nnc2ccccc21)C(=O)C1N(CCCO)C(=O)[C@@H]2[C@@H](C(=O)N(CC=C)Cc3ccccc3)[C@@H]3SC12CC3Br. The lowest BCUT2D eigenvalue weighted by molar-refractivity contribution is -0.145. The van der Waals surface area contributed by atoms with Gasteiger partial charge in [0.1, 0.15) is 18.2 Å². The lowest BCUT2D eigenvalue weighted by atomic mass is 9.70. The van der Waals surface area contributed by atoms with Crippen molar-refractivity contribution in [2.45, 2.75) is 46.9 Å². The van der Waals surface area contributed by atoms with Gasteiger partial charge in [0.2, 0.25) is 17.7 Å². The average Bonchev–Trinajstić information content (AvgIpc) is 3.76. The third-order valence-corrected chi connectivity index (χ3v) is 12.3. The summed E-state index contributed by atoms with van der Waals surface area (Å²) in [6.07, 6.45) is 4.27. The Kier molecular flexibility index (Phi) is 9.17. The van der Waals surface area contributed by atoms with Crippen molar-refractivity contribution in [2.75, 3.05) is 26.2 Å². The van der Waals surface area contributed by atoms with Crippen LogP contribution in [-0.4, -0.2) is 99.6 Å². The van der Waals surface area contributed by atoms with Crippen molar-refractivity contribution in [3.63, 3.8) is 0 Å². The topological polar surface area (TPSA) is 112 Å². The molecule has 3 aliphatic heterocycles. The number of nitrogens with zero attached hydrogens (tertiary/aromatic N) is 6. The Hall–Kier alpha value is -3.48. The van der Waals surface area contributed by atoms with Gasteiger partial charge >= 0.3 is 0 Å². The monoisotopic (exact) mass is 692 g/mol. The molecule has 4 heterocycles. The molecule has 0 saturated carbocycles. The van der Waals surface area contributed by atoms with E-state index in [2.05, 4.69) is 39.4 Å². The third-order valence-electron chi connectivity index (χ3n) is 9.13. The van der Waals surface area contributed by atoms with Crippen molar-refractivity contribution in [1.29, 1.82) is 0 Å². The van der Waals surface area contributed by atoms with Crippen LogP contribution in [0.4, 0.5) is 0 Å². The highest BCUT2D eigenvalue weighted by molar-refractivity contribution is 9.09. The molecule has 1 spiro atoms. The van der Waals surface area contributed by atoms with Crippen molar-refractivity contribution < 1.29 is 19.5 Å². The van der Waals surface area contributed by atoms with E-state index in [1.54, 1.807) is 43.3 Å². The number of fused-ring (bicyclic) bond motifs is 2. The van der Waals surface area contributed by atoms with Crippen molar-refractivity contribution in [2.24, 2.45) is 11.8 Å². The second-order valence-corrected chi connectivity index (χ2v) is 14.6. The first-order valence-corrected chi connectivity index (χ1v) is 17.0. The molecule has 10 nitrogen and oxygen atoms in total. The minimum absolute atomic E-state index is 0.0528. The van der Waals surface area contributed by atoms with Crippen LogP contribution in [0.2, 0.25) is 0 Å². The number of aliphatic hydroxyl groups excluding tert-OH is 1. The van der Waals surface area contributed by atoms with Gasteiger partial charge in [0.05, 0.1) is 22.1 Å². The number of para-hydroxylation sites is 1. The zero-order chi connectivity index (χ0) is 31.7. The second kappa shape index (κ2) is 13.1. The van der Waals surface area contributed by atoms with E-state index in [1.807, 2.05) is 54.6 Å². The van der Waals surface area contributed by atoms with E-state index in [1.165, 1.54) is 0 Å². The standard InChI is InChI=1S/C33H37BrN6O4S/c1-3-15-37(20-22-11-6-5-7-12-22)30(42)26-27-31(43)39(17-10-18-41)29(33(27)19-23(34)28(26)45-33)32(44)38(16-4-2)21-40-25-14-9-8-13-24(25)35-36-40/h3-9,11-14,23,26-29,41H,1-2,10,15-21H2/t23?,26-,27+,28-,29?,33?/m1/s1. The molecule has 3 amide bonds. The number of amides is 3. The van der Waals surface area contributed by atoms with Crippen LogP contribution in [0.25, 0.3) is 11.0 Å². The smallest absolute Gasteiger partial charge is 0.248 e. The first-order valence-electron chi connectivity index (χ1n) is 15.2. The molecule has 3 saturated heterocycles. The van der Waals surface area contributed by atoms with Crippen LogP contribution >= 0.6 is 27.7 Å². The summed E-state index contributed by atoms with van der Waals surface area (Å²) in [6, 6.07) is 16.5. The van der Waals surface area contributed by atoms with E-state index in [0.717, 1.165) is 16.6 Å². The Morgan fingerprint density at radius 3 is 2.51 bits per heavy atom. The third kappa shape index (κ3) is 5.50. The number of alkyl halides is 1. The van der Waals surface area contributed by atoms with Gasteiger partial charge in [-0.3, -0.25) is 14.4 Å². The zero-order valence-electron chi connectivity index (χ0n) is 25.0. The van der Waals surface area contributed by atoms with Gasteiger partial charge in [0.25, 0.3) is 0 Å². The Labute approximate surface area is 275 Å². The number of carbonyl (C=O) groups is 3. The molecule has 3 fully saturated rings. The van der Waals surface area contributed by atoms with Gasteiger partial charge in [-0.2, -0.15) is 0 Å². The normalized spacial score (nSPS) is 26.7. The molecule has 3 aliphatic rings. The number of benzene rings is 2. The molecule has 1 aromatic heterocycles. The first-order chi connectivity index (χ1) is 21.8. The number of hydrogen-bond donors (Lipinski definition) is 1. The first kappa shape index (κ1) is 31.5. The van der Waals surface area contributed by atoms with Crippen LogP contribution in [0.1, 0.15) is 18.4 Å². The molecule has 3 aromatic rings. The summed E-state index contributed by atoms with van der Waals surface area (Å²) in [7, 11) is 0. The molecule has 0 aliphatic carbocycles. The number of halogens is 1. The van der Waals surface area contributed by atoms with Gasteiger partial charge in [-0.25, -0.2) is 4.68 Å². The molecule has 2 bridgehead atoms. The van der Waals surface area contributed by atoms with E-state index in [9.17, 15) is 19.5 Å². The number of carbonyl (C=O) groups excluding carboxylic acids is 3. The molecule has 6 rings (SSSR count). The van der Waals surface area contributed by atoms with Gasteiger partial charge in [-0.1, -0.05) is 75.8 Å². The van der Waals surface area contributed by atoms with Crippen LogP contribution in [0.5, 0.6) is 0 Å². The maximum Gasteiger partial charge on any atom is 0.248 e. The number of hydrogen-bond acceptors (Lipinski definition) is 7. The highest BCUT2D eigenvalue weighted by atomic mass is 79.9. The highest BCUT2D eigenvalue weighted by Crippen LogP contribution is 2.68. The summed E-state index contributed by atoms with van der Waals surface area (Å²) in [5.41, 5.74) is 2.50. The van der Waals surface area contributed by atoms with Crippen LogP contribution < -0.4 is 0 Å². The summed E-state index contributed by atoms with van der Waals surface area (Å²) in [5, 5.41) is 18.1. The van der Waals surface area contributed by atoms with Crippen LogP contribution in [0, 0.1) is 11.8 Å². The van der Waals surface area contributed by atoms with E-state index < -0.39 is 22.6 Å². The average molecular weight is 694 g/mol. The molecule has 0 radical (unpaired) electrons. The Morgan fingerprint density at radius 1 is 1.07 bits per heavy atom. The lowest BCUT2D eigenvalue weighted by Gasteiger charge is -2.38. The molecule has 6 atom stereocenters. The molecular weight excluding hydrogens is 656 g/mol. The van der Waals surface area contributed by atoms with Gasteiger partial charge in [0.15, 0.2) is 0 Å². The number of likely N-dealkylation sites (tertiary alicyclic amines) is 1. The van der Waals surface area contributed by atoms with Gasteiger partial charge in [-0.05, 0) is 30.5 Å². The fourth-order valence-electron chi connectivity index (χ4n) is 7.31. The lowest BCUT2D eigenvalue weighted by Crippen LogP contribution is -2.56. The predicted molar refractivity (Wildman–Crippen MR) is 177 cm³/mol. The van der Waals surface area contributed by atoms with Crippen molar-refractivity contribution in [1.82, 2.24) is 29.7 Å². The molecular formula is C33H37BrN6O4S. The number of rotatable bonds is 13. The summed E-state index contributed by atoms with van der Waals surface area (Å²) in [6.45, 7) is 8.99. The van der Waals surface area contributed by atoms with Crippen molar-refractivity contribution in [3.8, 4) is 0 Å². The molecule has 45 heavy (non-hydrogen) atoms. The van der Waals surface area contributed by atoms with Crippen LogP contribution in [-0.2, 0) is 27.6 Å². The molecule has 1 N–H and O–H groups in total. The summed E-state index contributed by atoms with van der Waals surface area (Å²) in [5.74, 6) is -1.80. The number of aromatic nitrogens is 3. The molecule has 2 aromatic carbocycles. The van der Waals surface area contributed by atoms with Gasteiger partial charge in [-0.15, -0.1) is 30.0 Å². The predicted octanol–water partition coefficient (Wildman–Crippen LogP) is 3.47. The largest absolute Gasteiger partial charge is 0.396 e. The van der Waals surface area contributed by atoms with Crippen molar-refractivity contribution in [3.05, 3.63) is 85.5 Å². The van der Waals surface area contributed by atoms with E-state index in [4.69, 9.17) is 0 Å². The molecule has 3 unspecified atom stereocenters. The quantitative estimate of drug-likeness (QED) is 0.216. The number of thioether (sulfide) groups is 1. The fourth-order valence-corrected chi connectivity index (χ4v) is 10.9. The fraction of sp³-hybridized carbons (Fsp3) is 0.424. The van der Waals surface area contributed by atoms with Gasteiger partial charge in [0, 0.05) is 42.9 Å². The highest BCUT2D eigenvalue weighted by Gasteiger charge is 2.76. The Balaban J connectivity index is 1.36. The Bertz CT molecular complexity index is 1600. The summed E-state index contributed by atoms with van der Waals surface area (Å²) < 4.78 is 0.871. The van der Waals surface area contributed by atoms with Gasteiger partial charge < -0.3 is 19.8 Å². The molecule has 12 heteroatoms. The maximum absolute atomic E-state index is 14.7. The Morgan fingerprint density at radius 2 is 1.78 bits per heavy atom. The maximum atomic E-state index is 14.7. The van der Waals surface area contributed by atoms with Crippen molar-refractivity contribution >= 4 is 56.4 Å². The van der Waals surface area contributed by atoms with E-state index in [0.29, 0.717) is 25.9 Å². The van der Waals surface area contributed by atoms with E-state index >= 15 is 0 Å².